The number of rotatable bonds is 7. The van der Waals surface area contributed by atoms with E-state index >= 15 is 0 Å². The number of aliphatic hydroxyl groups excluding tert-OH is 1. The summed E-state index contributed by atoms with van der Waals surface area (Å²) in [5, 5.41) is 26.5. The van der Waals surface area contributed by atoms with Crippen molar-refractivity contribution >= 4 is 22.8 Å². The van der Waals surface area contributed by atoms with E-state index in [9.17, 15) is 10.2 Å². The van der Waals surface area contributed by atoms with Crippen molar-refractivity contribution in [1.82, 2.24) is 29.6 Å². The Kier molecular flexibility index (Phi) is 6.71. The van der Waals surface area contributed by atoms with Crippen molar-refractivity contribution in [2.45, 2.75) is 57.0 Å². The Hall–Kier alpha value is -3.93. The molecule has 1 saturated heterocycles. The number of nitrogens with two attached hydrogens (primary N) is 1. The predicted molar refractivity (Wildman–Crippen MR) is 149 cm³/mol. The quantitative estimate of drug-likeness (QED) is 0.288. The number of aromatic nitrogens is 5. The molecule has 0 amide bonds. The molecule has 1 aromatic carbocycles. The van der Waals surface area contributed by atoms with Crippen LogP contribution in [0.3, 0.4) is 0 Å². The molecule has 3 aromatic heterocycles. The molecule has 0 aliphatic carbocycles. The van der Waals surface area contributed by atoms with Crippen LogP contribution in [0.15, 0.2) is 65.1 Å². The van der Waals surface area contributed by atoms with Crippen molar-refractivity contribution < 1.29 is 10.2 Å². The van der Waals surface area contributed by atoms with Gasteiger partial charge in [0.1, 0.15) is 17.3 Å². The van der Waals surface area contributed by atoms with Gasteiger partial charge in [0.2, 0.25) is 5.96 Å². The lowest BCUT2D eigenvalue weighted by Gasteiger charge is -2.30. The van der Waals surface area contributed by atoms with Crippen molar-refractivity contribution in [3.63, 3.8) is 0 Å². The van der Waals surface area contributed by atoms with Gasteiger partial charge in [-0.25, -0.2) is 20.0 Å². The Morgan fingerprint density at radius 3 is 2.74 bits per heavy atom. The third kappa shape index (κ3) is 5.08. The number of aromatic amines is 1. The fourth-order valence-corrected chi connectivity index (χ4v) is 5.42. The summed E-state index contributed by atoms with van der Waals surface area (Å²) in [7, 11) is 0. The van der Waals surface area contributed by atoms with E-state index < -0.39 is 11.8 Å². The lowest BCUT2D eigenvalue weighted by molar-refractivity contribution is -0.0213. The first-order chi connectivity index (χ1) is 18.9. The first kappa shape index (κ1) is 25.4. The number of benzene rings is 1. The lowest BCUT2D eigenvalue weighted by atomic mass is 9.86. The summed E-state index contributed by atoms with van der Waals surface area (Å²) in [5.41, 5.74) is 9.72. The normalized spacial score (nSPS) is 20.8. The molecule has 3 atom stereocenters. The molecular weight excluding hydrogens is 494 g/mol. The van der Waals surface area contributed by atoms with Gasteiger partial charge in [-0.05, 0) is 25.3 Å². The minimum atomic E-state index is -1.30. The second-order valence-electron chi connectivity index (χ2n) is 10.4. The summed E-state index contributed by atoms with van der Waals surface area (Å²) in [6.45, 7) is 3.94. The molecule has 39 heavy (non-hydrogen) atoms. The van der Waals surface area contributed by atoms with Gasteiger partial charge in [0.15, 0.2) is 5.65 Å². The number of aliphatic hydroxyl groups is 2. The Labute approximate surface area is 226 Å². The van der Waals surface area contributed by atoms with Crippen LogP contribution in [-0.4, -0.2) is 70.8 Å². The Morgan fingerprint density at radius 2 is 1.95 bits per heavy atom. The number of aliphatic imine (C=N–C) groups is 2. The van der Waals surface area contributed by atoms with Crippen LogP contribution in [-0.2, 0) is 12.1 Å². The molecule has 0 saturated carbocycles. The van der Waals surface area contributed by atoms with Crippen LogP contribution in [0.5, 0.6) is 0 Å². The number of H-pyrrole nitrogens is 1. The molecule has 0 bridgehead atoms. The van der Waals surface area contributed by atoms with E-state index in [0.717, 1.165) is 42.6 Å². The SMILES string of the molecule is CC(O)(C1=NC(N)=NC(c2c[nH]c3ncc(-c4cnn(CC(O)N5CCCCC5)c4)nc23)C1)c1ccccc1. The minimum absolute atomic E-state index is 0.115. The summed E-state index contributed by atoms with van der Waals surface area (Å²) < 4.78 is 1.75. The van der Waals surface area contributed by atoms with Crippen LogP contribution in [0.1, 0.15) is 49.8 Å². The molecule has 6 rings (SSSR count). The summed E-state index contributed by atoms with van der Waals surface area (Å²) in [6.07, 6.45) is 10.4. The predicted octanol–water partition coefficient (Wildman–Crippen LogP) is 2.73. The van der Waals surface area contributed by atoms with E-state index in [1.807, 2.05) is 42.7 Å². The third-order valence-electron chi connectivity index (χ3n) is 7.68. The average molecular weight is 528 g/mol. The second kappa shape index (κ2) is 10.3. The highest BCUT2D eigenvalue weighted by Crippen LogP contribution is 2.35. The van der Waals surface area contributed by atoms with Gasteiger partial charge in [-0.1, -0.05) is 36.8 Å². The van der Waals surface area contributed by atoms with Crippen molar-refractivity contribution in [2.24, 2.45) is 15.7 Å². The van der Waals surface area contributed by atoms with Crippen molar-refractivity contribution in [1.29, 1.82) is 0 Å². The van der Waals surface area contributed by atoms with E-state index in [0.29, 0.717) is 35.5 Å². The number of fused-ring (bicyclic) bond motifs is 1. The van der Waals surface area contributed by atoms with E-state index in [1.54, 1.807) is 24.0 Å². The fraction of sp³-hybridized carbons (Fsp3) is 0.393. The Bertz CT molecular complexity index is 1520. The maximum absolute atomic E-state index is 11.4. The number of likely N-dealkylation sites (tertiary alicyclic amines) is 1. The topological polar surface area (TPSA) is 154 Å². The highest BCUT2D eigenvalue weighted by atomic mass is 16.3. The van der Waals surface area contributed by atoms with Gasteiger partial charge in [0, 0.05) is 43.0 Å². The monoisotopic (exact) mass is 527 g/mol. The Morgan fingerprint density at radius 1 is 1.15 bits per heavy atom. The van der Waals surface area contributed by atoms with Gasteiger partial charge in [-0.2, -0.15) is 5.10 Å². The van der Waals surface area contributed by atoms with Crippen molar-refractivity contribution in [3.8, 4) is 11.3 Å². The molecule has 202 valence electrons. The van der Waals surface area contributed by atoms with Gasteiger partial charge >= 0.3 is 0 Å². The number of guanidine groups is 1. The molecule has 11 nitrogen and oxygen atoms in total. The summed E-state index contributed by atoms with van der Waals surface area (Å²) in [4.78, 5) is 23.8. The highest BCUT2D eigenvalue weighted by molar-refractivity contribution is 6.03. The molecule has 0 spiro atoms. The first-order valence-electron chi connectivity index (χ1n) is 13.4. The minimum Gasteiger partial charge on any atom is -0.379 e. The van der Waals surface area contributed by atoms with Crippen LogP contribution in [0.25, 0.3) is 22.4 Å². The van der Waals surface area contributed by atoms with Gasteiger partial charge in [-0.3, -0.25) is 9.58 Å². The van der Waals surface area contributed by atoms with E-state index in [-0.39, 0.29) is 12.0 Å². The molecule has 5 heterocycles. The summed E-state index contributed by atoms with van der Waals surface area (Å²) in [5.74, 6) is 0.115. The zero-order valence-corrected chi connectivity index (χ0v) is 21.9. The largest absolute Gasteiger partial charge is 0.379 e. The maximum Gasteiger partial charge on any atom is 0.215 e. The lowest BCUT2D eigenvalue weighted by Crippen LogP contribution is -2.41. The summed E-state index contributed by atoms with van der Waals surface area (Å²) >= 11 is 0. The molecule has 1 fully saturated rings. The van der Waals surface area contributed by atoms with Gasteiger partial charge in [0.05, 0.1) is 36.4 Å². The third-order valence-corrected chi connectivity index (χ3v) is 7.68. The van der Waals surface area contributed by atoms with E-state index in [2.05, 4.69) is 30.0 Å². The smallest absolute Gasteiger partial charge is 0.215 e. The molecule has 4 aromatic rings. The van der Waals surface area contributed by atoms with Gasteiger partial charge in [-0.15, -0.1) is 0 Å². The van der Waals surface area contributed by atoms with Crippen LogP contribution in [0.2, 0.25) is 0 Å². The number of nitrogens with one attached hydrogen (secondary N) is 1. The number of piperidine rings is 1. The summed E-state index contributed by atoms with van der Waals surface area (Å²) in [6, 6.07) is 9.03. The van der Waals surface area contributed by atoms with Gasteiger partial charge < -0.3 is 20.9 Å². The van der Waals surface area contributed by atoms with E-state index in [4.69, 9.17) is 10.7 Å². The second-order valence-corrected chi connectivity index (χ2v) is 10.4. The van der Waals surface area contributed by atoms with Crippen LogP contribution in [0, 0.1) is 0 Å². The molecule has 2 aliphatic rings. The Balaban J connectivity index is 1.25. The highest BCUT2D eigenvalue weighted by Gasteiger charge is 2.35. The van der Waals surface area contributed by atoms with Crippen molar-refractivity contribution in [3.05, 3.63) is 66.2 Å². The van der Waals surface area contributed by atoms with Crippen LogP contribution >= 0.6 is 0 Å². The number of hydrogen-bond donors (Lipinski definition) is 4. The van der Waals surface area contributed by atoms with E-state index in [1.165, 1.54) is 6.42 Å². The fourth-order valence-electron chi connectivity index (χ4n) is 5.42. The standard InChI is InChI=1S/C28H33N9O2/c1-28(39,19-8-4-2-5-9-19)23-12-21(34-27(29)35-23)20-14-30-26-25(20)33-22(15-31-26)18-13-32-37(16-18)17-24(38)36-10-6-3-7-11-36/h2,4-5,8-9,13-16,21,24,38-39H,3,6-7,10-12,17H2,1H3,(H2,29,34)(H,30,31). The molecule has 5 N–H and O–H groups in total. The zero-order chi connectivity index (χ0) is 27.0. The molecule has 2 aliphatic heterocycles. The molecular formula is C28H33N9O2. The zero-order valence-electron chi connectivity index (χ0n) is 21.9. The average Bonchev–Trinajstić information content (AvgIpc) is 3.60. The molecule has 0 radical (unpaired) electrons. The maximum atomic E-state index is 11.4. The van der Waals surface area contributed by atoms with Crippen LogP contribution < -0.4 is 5.73 Å². The first-order valence-corrected chi connectivity index (χ1v) is 13.4. The molecule has 3 unspecified atom stereocenters. The number of hydrogen-bond acceptors (Lipinski definition) is 9. The van der Waals surface area contributed by atoms with Crippen molar-refractivity contribution in [2.75, 3.05) is 13.1 Å². The van der Waals surface area contributed by atoms with Gasteiger partial charge in [0.25, 0.3) is 0 Å². The van der Waals surface area contributed by atoms with Crippen LogP contribution in [0.4, 0.5) is 0 Å². The number of nitrogens with zero attached hydrogens (tertiary/aromatic N) is 7. The molecule has 11 heteroatoms.